The molecular weight excluding hydrogens is 292 g/mol. The first-order chi connectivity index (χ1) is 9.59. The molecule has 0 aromatic heterocycles. The van der Waals surface area contributed by atoms with Crippen molar-refractivity contribution in [2.24, 2.45) is 5.92 Å². The van der Waals surface area contributed by atoms with Crippen molar-refractivity contribution in [1.82, 2.24) is 10.6 Å². The van der Waals surface area contributed by atoms with Crippen LogP contribution in [-0.4, -0.2) is 50.7 Å². The summed E-state index contributed by atoms with van der Waals surface area (Å²) in [6, 6.07) is 1.09. The standard InChI is InChI=1S/C14H28N2O2S2/c1-19-11-16-14-4-2-3-12(9-14)10-15-13-5-7-20(17,18)8-6-13/h12-16H,2-11H2,1H3. The Balaban J connectivity index is 1.66. The molecule has 0 bridgehead atoms. The van der Waals surface area contributed by atoms with Crippen LogP contribution in [0.4, 0.5) is 0 Å². The van der Waals surface area contributed by atoms with Gasteiger partial charge in [-0.25, -0.2) is 8.42 Å². The van der Waals surface area contributed by atoms with Crippen LogP contribution in [0, 0.1) is 5.92 Å². The predicted octanol–water partition coefficient (Wildman–Crippen LogP) is 1.62. The predicted molar refractivity (Wildman–Crippen MR) is 86.9 cm³/mol. The summed E-state index contributed by atoms with van der Waals surface area (Å²) in [6.07, 6.45) is 8.92. The average Bonchev–Trinajstić information content (AvgIpc) is 2.44. The number of hydrogen-bond donors (Lipinski definition) is 2. The lowest BCUT2D eigenvalue weighted by Gasteiger charge is -2.32. The highest BCUT2D eigenvalue weighted by Crippen LogP contribution is 2.24. The van der Waals surface area contributed by atoms with Gasteiger partial charge in [0.1, 0.15) is 9.84 Å². The molecule has 4 nitrogen and oxygen atoms in total. The van der Waals surface area contributed by atoms with E-state index in [1.165, 1.54) is 25.7 Å². The van der Waals surface area contributed by atoms with Crippen LogP contribution in [0.2, 0.25) is 0 Å². The summed E-state index contributed by atoms with van der Waals surface area (Å²) in [7, 11) is -2.73. The van der Waals surface area contributed by atoms with Crippen molar-refractivity contribution in [3.63, 3.8) is 0 Å². The van der Waals surface area contributed by atoms with Crippen molar-refractivity contribution in [2.75, 3.05) is 30.2 Å². The van der Waals surface area contributed by atoms with Gasteiger partial charge in [-0.15, -0.1) is 11.8 Å². The third kappa shape index (κ3) is 5.54. The molecule has 1 saturated heterocycles. The van der Waals surface area contributed by atoms with Crippen molar-refractivity contribution in [3.05, 3.63) is 0 Å². The maximum atomic E-state index is 11.4. The summed E-state index contributed by atoms with van der Waals surface area (Å²) in [4.78, 5) is 0. The average molecular weight is 321 g/mol. The Kier molecular flexibility index (Phi) is 6.65. The normalized spacial score (nSPS) is 31.2. The molecule has 0 aromatic carbocycles. The van der Waals surface area contributed by atoms with Gasteiger partial charge >= 0.3 is 0 Å². The number of thioether (sulfide) groups is 1. The lowest BCUT2D eigenvalue weighted by atomic mass is 9.85. The van der Waals surface area contributed by atoms with E-state index >= 15 is 0 Å². The van der Waals surface area contributed by atoms with E-state index in [-0.39, 0.29) is 0 Å². The fraction of sp³-hybridized carbons (Fsp3) is 1.00. The SMILES string of the molecule is CSCNC1CCCC(CNC2CCS(=O)(=O)CC2)C1. The fourth-order valence-electron chi connectivity index (χ4n) is 3.29. The van der Waals surface area contributed by atoms with Crippen LogP contribution < -0.4 is 10.6 Å². The quantitative estimate of drug-likeness (QED) is 0.728. The van der Waals surface area contributed by atoms with Crippen LogP contribution in [0.3, 0.4) is 0 Å². The van der Waals surface area contributed by atoms with Crippen LogP contribution in [-0.2, 0) is 9.84 Å². The van der Waals surface area contributed by atoms with E-state index in [0.717, 1.165) is 31.2 Å². The highest BCUT2D eigenvalue weighted by molar-refractivity contribution is 7.98. The minimum atomic E-state index is -2.73. The Morgan fingerprint density at radius 2 is 1.80 bits per heavy atom. The van der Waals surface area contributed by atoms with Gasteiger partial charge < -0.3 is 10.6 Å². The van der Waals surface area contributed by atoms with Crippen molar-refractivity contribution in [2.45, 2.75) is 50.6 Å². The van der Waals surface area contributed by atoms with Crippen LogP contribution in [0.15, 0.2) is 0 Å². The third-order valence-electron chi connectivity index (χ3n) is 4.55. The number of nitrogens with one attached hydrogen (secondary N) is 2. The molecule has 2 atom stereocenters. The second kappa shape index (κ2) is 8.01. The molecule has 2 aliphatic rings. The van der Waals surface area contributed by atoms with Crippen molar-refractivity contribution < 1.29 is 8.42 Å². The van der Waals surface area contributed by atoms with Gasteiger partial charge in [-0.05, 0) is 50.8 Å². The molecule has 0 radical (unpaired) electrons. The van der Waals surface area contributed by atoms with Gasteiger partial charge in [0.2, 0.25) is 0 Å². The van der Waals surface area contributed by atoms with E-state index in [0.29, 0.717) is 23.6 Å². The van der Waals surface area contributed by atoms with Crippen molar-refractivity contribution in [3.8, 4) is 0 Å². The molecule has 2 rings (SSSR count). The van der Waals surface area contributed by atoms with E-state index in [2.05, 4.69) is 16.9 Å². The topological polar surface area (TPSA) is 58.2 Å². The first-order valence-corrected chi connectivity index (χ1v) is 11.0. The van der Waals surface area contributed by atoms with Crippen LogP contribution >= 0.6 is 11.8 Å². The summed E-state index contributed by atoms with van der Waals surface area (Å²) in [5, 5.41) is 7.21. The monoisotopic (exact) mass is 320 g/mol. The minimum Gasteiger partial charge on any atom is -0.314 e. The van der Waals surface area contributed by atoms with E-state index in [4.69, 9.17) is 0 Å². The molecule has 0 spiro atoms. The fourth-order valence-corrected chi connectivity index (χ4v) is 5.18. The molecule has 0 amide bonds. The largest absolute Gasteiger partial charge is 0.314 e. The molecule has 2 fully saturated rings. The molecule has 0 aromatic rings. The van der Waals surface area contributed by atoms with Gasteiger partial charge in [0.15, 0.2) is 0 Å². The molecular formula is C14H28N2O2S2. The minimum absolute atomic E-state index is 0.368. The van der Waals surface area contributed by atoms with Gasteiger partial charge in [-0.1, -0.05) is 6.42 Å². The molecule has 118 valence electrons. The lowest BCUT2D eigenvalue weighted by molar-refractivity contribution is 0.274. The van der Waals surface area contributed by atoms with Gasteiger partial charge in [0.05, 0.1) is 11.5 Å². The van der Waals surface area contributed by atoms with E-state index < -0.39 is 9.84 Å². The summed E-state index contributed by atoms with van der Waals surface area (Å²) >= 11 is 1.85. The van der Waals surface area contributed by atoms with Crippen molar-refractivity contribution in [1.29, 1.82) is 0 Å². The maximum absolute atomic E-state index is 11.4. The van der Waals surface area contributed by atoms with Crippen LogP contribution in [0.1, 0.15) is 38.5 Å². The molecule has 2 N–H and O–H groups in total. The van der Waals surface area contributed by atoms with E-state index in [1.807, 2.05) is 11.8 Å². The Hall–Kier alpha value is 0.220. The zero-order valence-corrected chi connectivity index (χ0v) is 14.1. The molecule has 1 aliphatic heterocycles. The second-order valence-electron chi connectivity index (χ2n) is 6.20. The molecule has 1 saturated carbocycles. The molecule has 1 heterocycles. The summed E-state index contributed by atoms with van der Waals surface area (Å²) < 4.78 is 22.8. The Morgan fingerprint density at radius 3 is 2.50 bits per heavy atom. The summed E-state index contributed by atoms with van der Waals surface area (Å²) in [5.74, 6) is 2.54. The summed E-state index contributed by atoms with van der Waals surface area (Å²) in [5.41, 5.74) is 0. The highest BCUT2D eigenvalue weighted by Gasteiger charge is 2.25. The zero-order valence-electron chi connectivity index (χ0n) is 12.4. The third-order valence-corrected chi connectivity index (χ3v) is 6.72. The Labute approximate surface area is 127 Å². The van der Waals surface area contributed by atoms with Crippen LogP contribution in [0.5, 0.6) is 0 Å². The molecule has 2 unspecified atom stereocenters. The number of sulfone groups is 1. The van der Waals surface area contributed by atoms with E-state index in [9.17, 15) is 8.42 Å². The van der Waals surface area contributed by atoms with E-state index in [1.54, 1.807) is 0 Å². The number of hydrogen-bond acceptors (Lipinski definition) is 5. The first-order valence-electron chi connectivity index (χ1n) is 7.75. The maximum Gasteiger partial charge on any atom is 0.150 e. The zero-order chi connectivity index (χ0) is 14.4. The molecule has 1 aliphatic carbocycles. The van der Waals surface area contributed by atoms with Crippen LogP contribution in [0.25, 0.3) is 0 Å². The lowest BCUT2D eigenvalue weighted by Crippen LogP contribution is -2.42. The van der Waals surface area contributed by atoms with Gasteiger partial charge in [-0.2, -0.15) is 0 Å². The smallest absolute Gasteiger partial charge is 0.150 e. The van der Waals surface area contributed by atoms with Gasteiger partial charge in [0, 0.05) is 18.0 Å². The molecule has 20 heavy (non-hydrogen) atoms. The Bertz CT molecular complexity index is 373. The summed E-state index contributed by atoms with van der Waals surface area (Å²) in [6.45, 7) is 1.06. The second-order valence-corrected chi connectivity index (χ2v) is 9.37. The van der Waals surface area contributed by atoms with Crippen molar-refractivity contribution >= 4 is 21.6 Å². The first kappa shape index (κ1) is 16.6. The Morgan fingerprint density at radius 1 is 1.05 bits per heavy atom. The van der Waals surface area contributed by atoms with Gasteiger partial charge in [0.25, 0.3) is 0 Å². The number of rotatable bonds is 6. The highest BCUT2D eigenvalue weighted by atomic mass is 32.2. The van der Waals surface area contributed by atoms with Gasteiger partial charge in [-0.3, -0.25) is 0 Å². The molecule has 6 heteroatoms.